The van der Waals surface area contributed by atoms with Crippen LogP contribution in [0, 0.1) is 17.5 Å². The van der Waals surface area contributed by atoms with E-state index in [-0.39, 0.29) is 49.5 Å². The Morgan fingerprint density at radius 3 is 2.26 bits per heavy atom. The van der Waals surface area contributed by atoms with E-state index in [4.69, 9.17) is 0 Å². The van der Waals surface area contributed by atoms with E-state index < -0.39 is 33.5 Å². The fourth-order valence-electron chi connectivity index (χ4n) is 4.89. The van der Waals surface area contributed by atoms with Crippen molar-refractivity contribution in [2.45, 2.75) is 76.9 Å². The van der Waals surface area contributed by atoms with Gasteiger partial charge >= 0.3 is 0 Å². The Balaban J connectivity index is 1.76. The van der Waals surface area contributed by atoms with Gasteiger partial charge in [0.1, 0.15) is 11.9 Å². The zero-order valence-corrected chi connectivity index (χ0v) is 23.2. The van der Waals surface area contributed by atoms with E-state index >= 15 is 0 Å². The second kappa shape index (κ2) is 13.8. The van der Waals surface area contributed by atoms with Crippen LogP contribution in [0.2, 0.25) is 0 Å². The summed E-state index contributed by atoms with van der Waals surface area (Å²) in [5.74, 6) is -3.33. The first-order valence-corrected chi connectivity index (χ1v) is 15.1. The van der Waals surface area contributed by atoms with Crippen molar-refractivity contribution in [1.82, 2.24) is 10.2 Å². The smallest absolute Gasteiger partial charge is 0.243 e. The van der Waals surface area contributed by atoms with Gasteiger partial charge in [-0.1, -0.05) is 38.3 Å². The number of amides is 2. The molecule has 0 saturated heterocycles. The number of nitrogens with one attached hydrogen (secondary N) is 1. The van der Waals surface area contributed by atoms with Gasteiger partial charge in [0.2, 0.25) is 21.8 Å². The molecule has 0 heterocycles. The van der Waals surface area contributed by atoms with Crippen molar-refractivity contribution in [3.05, 3.63) is 65.5 Å². The number of carbonyl (C=O) groups excluding carboxylic acids is 2. The maximum atomic E-state index is 13.8. The lowest BCUT2D eigenvalue weighted by molar-refractivity contribution is -0.141. The van der Waals surface area contributed by atoms with Gasteiger partial charge in [0.25, 0.3) is 0 Å². The highest BCUT2D eigenvalue weighted by Gasteiger charge is 2.30. The monoisotopic (exact) mass is 567 g/mol. The number of rotatable bonds is 12. The van der Waals surface area contributed by atoms with Crippen molar-refractivity contribution in [3.63, 3.8) is 0 Å². The molecule has 2 amide bonds. The summed E-state index contributed by atoms with van der Waals surface area (Å²) in [6.45, 7) is 1.74. The molecule has 1 atom stereocenters. The topological polar surface area (TPSA) is 86.8 Å². The summed E-state index contributed by atoms with van der Waals surface area (Å²) in [7, 11) is -3.85. The predicted octanol–water partition coefficient (Wildman–Crippen LogP) is 4.91. The third-order valence-corrected chi connectivity index (χ3v) is 8.14. The molecule has 0 radical (unpaired) electrons. The number of carbonyl (C=O) groups is 2. The maximum Gasteiger partial charge on any atom is 0.243 e. The number of nitrogens with zero attached hydrogens (tertiary/aromatic N) is 2. The number of hydrogen-bond donors (Lipinski definition) is 1. The largest absolute Gasteiger partial charge is 0.352 e. The van der Waals surface area contributed by atoms with E-state index in [0.29, 0.717) is 12.0 Å². The molecule has 0 aliphatic heterocycles. The number of halogens is 3. The molecule has 0 unspecified atom stereocenters. The molecule has 2 aromatic carbocycles. The van der Waals surface area contributed by atoms with Crippen LogP contribution in [0.15, 0.2) is 42.5 Å². The van der Waals surface area contributed by atoms with Gasteiger partial charge in [0, 0.05) is 31.6 Å². The molecule has 0 spiro atoms. The molecule has 0 bridgehead atoms. The maximum absolute atomic E-state index is 13.8. The number of hydrogen-bond acceptors (Lipinski definition) is 4. The van der Waals surface area contributed by atoms with Crippen LogP contribution in [-0.4, -0.2) is 50.0 Å². The summed E-state index contributed by atoms with van der Waals surface area (Å²) in [6.07, 6.45) is 6.27. The predicted molar refractivity (Wildman–Crippen MR) is 144 cm³/mol. The molecular formula is C28H36F3N3O4S. The van der Waals surface area contributed by atoms with Crippen LogP contribution >= 0.6 is 0 Å². The van der Waals surface area contributed by atoms with Gasteiger partial charge in [0.05, 0.1) is 11.9 Å². The van der Waals surface area contributed by atoms with Crippen LogP contribution in [0.25, 0.3) is 0 Å². The summed E-state index contributed by atoms with van der Waals surface area (Å²) in [4.78, 5) is 28.2. The van der Waals surface area contributed by atoms with Crippen LogP contribution in [0.5, 0.6) is 0 Å². The molecule has 1 N–H and O–H groups in total. The summed E-state index contributed by atoms with van der Waals surface area (Å²) in [6, 6.07) is 7.76. The first-order chi connectivity index (χ1) is 18.5. The Hall–Kier alpha value is -3.08. The quantitative estimate of drug-likeness (QED) is 0.395. The van der Waals surface area contributed by atoms with Crippen molar-refractivity contribution < 1.29 is 31.2 Å². The minimum absolute atomic E-state index is 0.0506. The molecule has 214 valence electrons. The van der Waals surface area contributed by atoms with E-state index in [9.17, 15) is 31.2 Å². The molecule has 1 fully saturated rings. The van der Waals surface area contributed by atoms with Crippen LogP contribution in [0.4, 0.5) is 18.9 Å². The van der Waals surface area contributed by atoms with Gasteiger partial charge < -0.3 is 10.2 Å². The van der Waals surface area contributed by atoms with Gasteiger partial charge in [-0.3, -0.25) is 13.9 Å². The van der Waals surface area contributed by atoms with Crippen molar-refractivity contribution in [2.75, 3.05) is 17.1 Å². The number of anilines is 1. The lowest BCUT2D eigenvalue weighted by atomic mass is 9.95. The van der Waals surface area contributed by atoms with Crippen LogP contribution < -0.4 is 9.62 Å². The Bertz CT molecular complexity index is 1240. The lowest BCUT2D eigenvalue weighted by Gasteiger charge is -2.33. The van der Waals surface area contributed by atoms with Gasteiger partial charge in [-0.05, 0) is 55.5 Å². The molecule has 7 nitrogen and oxygen atoms in total. The zero-order chi connectivity index (χ0) is 28.6. The van der Waals surface area contributed by atoms with Gasteiger partial charge in [-0.2, -0.15) is 0 Å². The third-order valence-electron chi connectivity index (χ3n) is 6.95. The average molecular weight is 568 g/mol. The second-order valence-electron chi connectivity index (χ2n) is 9.95. The highest BCUT2D eigenvalue weighted by Crippen LogP contribution is 2.23. The second-order valence-corrected chi connectivity index (χ2v) is 11.9. The number of benzene rings is 2. The molecule has 1 aliphatic rings. The van der Waals surface area contributed by atoms with E-state index in [1.165, 1.54) is 17.0 Å². The van der Waals surface area contributed by atoms with Gasteiger partial charge in [-0.15, -0.1) is 0 Å². The van der Waals surface area contributed by atoms with Gasteiger partial charge in [-0.25, -0.2) is 21.6 Å². The third kappa shape index (κ3) is 8.71. The van der Waals surface area contributed by atoms with Crippen molar-refractivity contribution in [3.8, 4) is 0 Å². The molecule has 1 aliphatic carbocycles. The van der Waals surface area contributed by atoms with E-state index in [1.807, 2.05) is 6.92 Å². The molecule has 11 heteroatoms. The Labute approximate surface area is 228 Å². The lowest BCUT2D eigenvalue weighted by Crippen LogP contribution is -2.51. The summed E-state index contributed by atoms with van der Waals surface area (Å²) >= 11 is 0. The van der Waals surface area contributed by atoms with E-state index in [1.54, 1.807) is 12.1 Å². The molecule has 0 aromatic heterocycles. The fraction of sp³-hybridized carbons (Fsp3) is 0.500. The van der Waals surface area contributed by atoms with Crippen molar-refractivity contribution in [1.29, 1.82) is 0 Å². The van der Waals surface area contributed by atoms with Crippen LogP contribution in [0.1, 0.15) is 63.9 Å². The minimum Gasteiger partial charge on any atom is -0.352 e. The Kier molecular flexibility index (Phi) is 10.8. The van der Waals surface area contributed by atoms with Crippen molar-refractivity contribution >= 4 is 27.5 Å². The normalized spacial score (nSPS) is 15.0. The fourth-order valence-corrected chi connectivity index (χ4v) is 5.85. The van der Waals surface area contributed by atoms with Crippen LogP contribution in [0.3, 0.4) is 0 Å². The van der Waals surface area contributed by atoms with E-state index in [2.05, 4.69) is 5.32 Å². The molecular weight excluding hydrogens is 531 g/mol. The van der Waals surface area contributed by atoms with E-state index in [0.717, 1.165) is 60.9 Å². The molecule has 3 rings (SSSR count). The highest BCUT2D eigenvalue weighted by molar-refractivity contribution is 7.92. The minimum atomic E-state index is -3.85. The first kappa shape index (κ1) is 30.5. The highest BCUT2D eigenvalue weighted by atomic mass is 32.2. The average Bonchev–Trinajstić information content (AvgIpc) is 2.89. The van der Waals surface area contributed by atoms with Gasteiger partial charge in [0.15, 0.2) is 11.6 Å². The first-order valence-electron chi connectivity index (χ1n) is 13.3. The molecule has 1 saturated carbocycles. The Morgan fingerprint density at radius 1 is 1.00 bits per heavy atom. The van der Waals surface area contributed by atoms with Crippen molar-refractivity contribution in [2.24, 2.45) is 0 Å². The standard InChI is InChI=1S/C28H36F3N3O4S/c1-3-26(28(36)32-22-8-5-4-6-9-22)33(19-20-11-13-21(29)14-12-20)27(35)10-7-17-34(39(2,37)38)23-15-16-24(30)25(31)18-23/h11-16,18,22,26H,3-10,17,19H2,1-2H3,(H,32,36)/t26-/m1/s1. The summed E-state index contributed by atoms with van der Waals surface area (Å²) in [5.41, 5.74) is 0.596. The number of sulfonamides is 1. The SMILES string of the molecule is CC[C@H](C(=O)NC1CCCCC1)N(Cc1ccc(F)cc1)C(=O)CCCN(c1ccc(F)c(F)c1)S(C)(=O)=O. The van der Waals surface area contributed by atoms with Crippen LogP contribution in [-0.2, 0) is 26.2 Å². The molecule has 39 heavy (non-hydrogen) atoms. The zero-order valence-electron chi connectivity index (χ0n) is 22.3. The molecule has 2 aromatic rings. The summed E-state index contributed by atoms with van der Waals surface area (Å²) < 4.78 is 66.3. The Morgan fingerprint density at radius 2 is 1.67 bits per heavy atom. The summed E-state index contributed by atoms with van der Waals surface area (Å²) in [5, 5.41) is 3.08.